The maximum Gasteiger partial charge on any atom is 0.317 e. The fourth-order valence-electron chi connectivity index (χ4n) is 2.13. The van der Waals surface area contributed by atoms with Gasteiger partial charge in [-0.2, -0.15) is 0 Å². The highest BCUT2D eigenvalue weighted by Crippen LogP contribution is 2.12. The van der Waals surface area contributed by atoms with Gasteiger partial charge in [0.2, 0.25) is 0 Å². The van der Waals surface area contributed by atoms with Crippen LogP contribution in [0, 0.1) is 0 Å². The molecule has 0 radical (unpaired) electrons. The third-order valence-electron chi connectivity index (χ3n) is 3.25. The quantitative estimate of drug-likeness (QED) is 0.892. The van der Waals surface area contributed by atoms with Crippen LogP contribution < -0.4 is 10.1 Å². The maximum absolute atomic E-state index is 11.9. The van der Waals surface area contributed by atoms with Crippen molar-refractivity contribution in [2.75, 3.05) is 20.2 Å². The Morgan fingerprint density at radius 2 is 1.89 bits per heavy atom. The summed E-state index contributed by atoms with van der Waals surface area (Å²) in [6.45, 7) is 2.34. The number of hydrogen-bond donors (Lipinski definition) is 1. The summed E-state index contributed by atoms with van der Waals surface area (Å²) in [5.74, 6) is 0.834. The number of urea groups is 1. The normalized spacial score (nSPS) is 15.3. The van der Waals surface area contributed by atoms with E-state index in [0.717, 1.165) is 37.2 Å². The molecule has 0 bridgehead atoms. The topological polar surface area (TPSA) is 41.6 Å². The molecule has 1 aromatic rings. The Morgan fingerprint density at radius 3 is 2.50 bits per heavy atom. The monoisotopic (exact) mass is 248 g/mol. The van der Waals surface area contributed by atoms with Crippen LogP contribution in [0.5, 0.6) is 5.75 Å². The molecule has 2 amide bonds. The number of rotatable bonds is 3. The van der Waals surface area contributed by atoms with Crippen LogP contribution in [0.3, 0.4) is 0 Å². The van der Waals surface area contributed by atoms with Crippen molar-refractivity contribution < 1.29 is 9.53 Å². The van der Waals surface area contributed by atoms with Gasteiger partial charge >= 0.3 is 6.03 Å². The van der Waals surface area contributed by atoms with E-state index >= 15 is 0 Å². The van der Waals surface area contributed by atoms with Gasteiger partial charge in [-0.1, -0.05) is 12.1 Å². The standard InChI is InChI=1S/C14H20N2O2/c1-18-13-7-5-12(6-8-13)11-15-14(17)16-9-3-2-4-10-16/h5-8H,2-4,9-11H2,1H3,(H,15,17). The Kier molecular flexibility index (Phi) is 4.45. The van der Waals surface area contributed by atoms with E-state index < -0.39 is 0 Å². The summed E-state index contributed by atoms with van der Waals surface area (Å²) in [5, 5.41) is 2.95. The Bertz CT molecular complexity index is 383. The van der Waals surface area contributed by atoms with E-state index in [0.29, 0.717) is 6.54 Å². The van der Waals surface area contributed by atoms with Gasteiger partial charge in [0, 0.05) is 19.6 Å². The van der Waals surface area contributed by atoms with Crippen LogP contribution in [-0.4, -0.2) is 31.1 Å². The van der Waals surface area contributed by atoms with E-state index in [1.165, 1.54) is 6.42 Å². The highest BCUT2D eigenvalue weighted by molar-refractivity contribution is 5.74. The smallest absolute Gasteiger partial charge is 0.317 e. The molecule has 1 saturated heterocycles. The number of methoxy groups -OCH3 is 1. The molecular weight excluding hydrogens is 228 g/mol. The first-order chi connectivity index (χ1) is 8.79. The van der Waals surface area contributed by atoms with Crippen LogP contribution in [0.15, 0.2) is 24.3 Å². The minimum atomic E-state index is 0.0468. The van der Waals surface area contributed by atoms with E-state index in [1.807, 2.05) is 29.2 Å². The van der Waals surface area contributed by atoms with Gasteiger partial charge in [-0.25, -0.2) is 4.79 Å². The summed E-state index contributed by atoms with van der Waals surface area (Å²) >= 11 is 0. The number of amides is 2. The van der Waals surface area contributed by atoms with Crippen molar-refractivity contribution in [3.8, 4) is 5.75 Å². The number of ether oxygens (including phenoxy) is 1. The molecule has 0 aromatic heterocycles. The largest absolute Gasteiger partial charge is 0.497 e. The lowest BCUT2D eigenvalue weighted by Gasteiger charge is -2.26. The molecule has 0 saturated carbocycles. The zero-order valence-electron chi connectivity index (χ0n) is 10.8. The van der Waals surface area contributed by atoms with Crippen LogP contribution in [0.25, 0.3) is 0 Å². The molecule has 1 aliphatic rings. The summed E-state index contributed by atoms with van der Waals surface area (Å²) in [5.41, 5.74) is 1.08. The van der Waals surface area contributed by atoms with E-state index in [9.17, 15) is 4.79 Å². The number of likely N-dealkylation sites (tertiary alicyclic amines) is 1. The van der Waals surface area contributed by atoms with Crippen LogP contribution >= 0.6 is 0 Å². The number of nitrogens with zero attached hydrogens (tertiary/aromatic N) is 1. The van der Waals surface area contributed by atoms with E-state index in [-0.39, 0.29) is 6.03 Å². The van der Waals surface area contributed by atoms with Crippen LogP contribution in [-0.2, 0) is 6.54 Å². The molecule has 4 nitrogen and oxygen atoms in total. The molecule has 1 aliphatic heterocycles. The molecule has 1 N–H and O–H groups in total. The van der Waals surface area contributed by atoms with Gasteiger partial charge in [-0.3, -0.25) is 0 Å². The predicted octanol–water partition coefficient (Wildman–Crippen LogP) is 2.39. The van der Waals surface area contributed by atoms with Crippen molar-refractivity contribution in [3.05, 3.63) is 29.8 Å². The van der Waals surface area contributed by atoms with Crippen molar-refractivity contribution in [2.24, 2.45) is 0 Å². The van der Waals surface area contributed by atoms with E-state index in [4.69, 9.17) is 4.74 Å². The van der Waals surface area contributed by atoms with Gasteiger partial charge in [0.05, 0.1) is 7.11 Å². The molecule has 1 heterocycles. The second kappa shape index (κ2) is 6.28. The Balaban J connectivity index is 1.80. The van der Waals surface area contributed by atoms with E-state index in [1.54, 1.807) is 7.11 Å². The fourth-order valence-corrected chi connectivity index (χ4v) is 2.13. The lowest BCUT2D eigenvalue weighted by Crippen LogP contribution is -2.42. The molecule has 4 heteroatoms. The molecule has 98 valence electrons. The molecule has 1 aromatic carbocycles. The highest BCUT2D eigenvalue weighted by Gasteiger charge is 2.15. The average Bonchev–Trinajstić information content (AvgIpc) is 2.46. The Labute approximate surface area is 108 Å². The first-order valence-electron chi connectivity index (χ1n) is 6.45. The minimum absolute atomic E-state index is 0.0468. The highest BCUT2D eigenvalue weighted by atomic mass is 16.5. The molecule has 2 rings (SSSR count). The van der Waals surface area contributed by atoms with Gasteiger partial charge < -0.3 is 15.0 Å². The zero-order chi connectivity index (χ0) is 12.8. The van der Waals surface area contributed by atoms with Crippen molar-refractivity contribution in [2.45, 2.75) is 25.8 Å². The summed E-state index contributed by atoms with van der Waals surface area (Å²) in [4.78, 5) is 13.8. The van der Waals surface area contributed by atoms with Gasteiger partial charge in [0.15, 0.2) is 0 Å². The molecule has 1 fully saturated rings. The summed E-state index contributed by atoms with van der Waals surface area (Å²) < 4.78 is 5.09. The van der Waals surface area contributed by atoms with Crippen molar-refractivity contribution in [1.82, 2.24) is 10.2 Å². The predicted molar refractivity (Wildman–Crippen MR) is 70.7 cm³/mol. The fraction of sp³-hybridized carbons (Fsp3) is 0.500. The third-order valence-corrected chi connectivity index (χ3v) is 3.25. The second-order valence-corrected chi connectivity index (χ2v) is 4.55. The molecule has 0 spiro atoms. The maximum atomic E-state index is 11.9. The SMILES string of the molecule is COc1ccc(CNC(=O)N2CCCCC2)cc1. The molecule has 18 heavy (non-hydrogen) atoms. The first kappa shape index (κ1) is 12.7. The molecule has 0 aliphatic carbocycles. The lowest BCUT2D eigenvalue weighted by molar-refractivity contribution is 0.186. The molecule has 0 atom stereocenters. The zero-order valence-corrected chi connectivity index (χ0v) is 10.8. The Hall–Kier alpha value is -1.71. The van der Waals surface area contributed by atoms with Gasteiger partial charge in [0.25, 0.3) is 0 Å². The van der Waals surface area contributed by atoms with Gasteiger partial charge in [-0.05, 0) is 37.0 Å². The van der Waals surface area contributed by atoms with Crippen molar-refractivity contribution in [1.29, 1.82) is 0 Å². The van der Waals surface area contributed by atoms with Crippen molar-refractivity contribution >= 4 is 6.03 Å². The summed E-state index contributed by atoms with van der Waals surface area (Å²) in [7, 11) is 1.65. The molecule has 0 unspecified atom stereocenters. The van der Waals surface area contributed by atoms with Gasteiger partial charge in [0.1, 0.15) is 5.75 Å². The van der Waals surface area contributed by atoms with Gasteiger partial charge in [-0.15, -0.1) is 0 Å². The number of carbonyl (C=O) groups excluding carboxylic acids is 1. The minimum Gasteiger partial charge on any atom is -0.497 e. The van der Waals surface area contributed by atoms with Crippen LogP contribution in [0.4, 0.5) is 4.79 Å². The number of piperidine rings is 1. The van der Waals surface area contributed by atoms with Crippen molar-refractivity contribution in [3.63, 3.8) is 0 Å². The summed E-state index contributed by atoms with van der Waals surface area (Å²) in [6.07, 6.45) is 3.48. The third kappa shape index (κ3) is 3.39. The Morgan fingerprint density at radius 1 is 1.22 bits per heavy atom. The number of carbonyl (C=O) groups is 1. The lowest BCUT2D eigenvalue weighted by atomic mass is 10.1. The number of hydrogen-bond acceptors (Lipinski definition) is 2. The number of benzene rings is 1. The summed E-state index contributed by atoms with van der Waals surface area (Å²) in [6, 6.07) is 7.79. The first-order valence-corrected chi connectivity index (χ1v) is 6.45. The average molecular weight is 248 g/mol. The van der Waals surface area contributed by atoms with Crippen LogP contribution in [0.2, 0.25) is 0 Å². The number of nitrogens with one attached hydrogen (secondary N) is 1. The van der Waals surface area contributed by atoms with E-state index in [2.05, 4.69) is 5.32 Å². The van der Waals surface area contributed by atoms with Crippen LogP contribution in [0.1, 0.15) is 24.8 Å². The molecular formula is C14H20N2O2. The second-order valence-electron chi connectivity index (χ2n) is 4.55.